The van der Waals surface area contributed by atoms with Gasteiger partial charge in [-0.25, -0.2) is 9.97 Å². The Morgan fingerprint density at radius 1 is 1.42 bits per heavy atom. The molecule has 2 atom stereocenters. The number of nitrogens with two attached hydrogens (primary N) is 2. The van der Waals surface area contributed by atoms with Crippen LogP contribution in [0.2, 0.25) is 5.02 Å². The highest BCUT2D eigenvalue weighted by molar-refractivity contribution is 6.30. The van der Waals surface area contributed by atoms with Crippen LogP contribution < -0.4 is 16.8 Å². The minimum atomic E-state index is -0.630. The summed E-state index contributed by atoms with van der Waals surface area (Å²) < 4.78 is 7.17. The molecule has 0 saturated carbocycles. The molecule has 10 heteroatoms. The van der Waals surface area contributed by atoms with Crippen molar-refractivity contribution >= 4 is 23.5 Å². The number of aryl methyl sites for hydroxylation is 1. The van der Waals surface area contributed by atoms with Crippen molar-refractivity contribution in [3.8, 4) is 5.82 Å². The summed E-state index contributed by atoms with van der Waals surface area (Å²) in [6.07, 6.45) is 4.20. The normalized spacial score (nSPS) is 16.9. The largest absolute Gasteiger partial charge is 0.379 e. The van der Waals surface area contributed by atoms with Gasteiger partial charge in [0.2, 0.25) is 5.95 Å². The first-order valence-electron chi connectivity index (χ1n) is 9.99. The molecule has 1 aliphatic heterocycles. The molecule has 3 heterocycles. The topological polar surface area (TPSA) is 134 Å². The zero-order valence-corrected chi connectivity index (χ0v) is 17.8. The van der Waals surface area contributed by atoms with Gasteiger partial charge in [-0.3, -0.25) is 9.36 Å². The molecule has 4 rings (SSSR count). The van der Waals surface area contributed by atoms with Crippen molar-refractivity contribution < 1.29 is 9.53 Å². The number of nitrogens with one attached hydrogen (secondary N) is 1. The van der Waals surface area contributed by atoms with Crippen LogP contribution in [-0.2, 0) is 4.74 Å². The Labute approximate surface area is 184 Å². The Morgan fingerprint density at radius 2 is 2.26 bits per heavy atom. The van der Waals surface area contributed by atoms with Crippen molar-refractivity contribution in [2.24, 2.45) is 11.5 Å². The number of carbonyl (C=O) groups is 1. The lowest BCUT2D eigenvalue weighted by molar-refractivity contribution is 0.0996. The lowest BCUT2D eigenvalue weighted by Gasteiger charge is -2.18. The van der Waals surface area contributed by atoms with E-state index in [9.17, 15) is 4.79 Å². The molecule has 2 aromatic heterocycles. The predicted molar refractivity (Wildman–Crippen MR) is 118 cm³/mol. The number of anilines is 1. The third-order valence-corrected chi connectivity index (χ3v) is 5.46. The lowest BCUT2D eigenvalue weighted by Crippen LogP contribution is -2.22. The van der Waals surface area contributed by atoms with Crippen LogP contribution in [0.3, 0.4) is 0 Å². The summed E-state index contributed by atoms with van der Waals surface area (Å²) >= 11 is 6.19. The molecule has 0 aliphatic carbocycles. The number of benzene rings is 1. The van der Waals surface area contributed by atoms with Crippen LogP contribution in [-0.4, -0.2) is 51.2 Å². The van der Waals surface area contributed by atoms with Crippen LogP contribution in [0.1, 0.15) is 39.8 Å². The molecular formula is C21H24ClN7O2. The van der Waals surface area contributed by atoms with Gasteiger partial charge < -0.3 is 21.5 Å². The minimum absolute atomic E-state index is 0.132. The van der Waals surface area contributed by atoms with Gasteiger partial charge in [0.15, 0.2) is 0 Å². The van der Waals surface area contributed by atoms with Gasteiger partial charge in [0.25, 0.3) is 5.91 Å². The first kappa shape index (κ1) is 21.2. The maximum Gasteiger partial charge on any atom is 0.268 e. The molecule has 162 valence electrons. The molecule has 0 bridgehead atoms. The third kappa shape index (κ3) is 4.53. The van der Waals surface area contributed by atoms with Gasteiger partial charge in [-0.15, -0.1) is 0 Å². The Hall–Kier alpha value is -3.01. The van der Waals surface area contributed by atoms with Gasteiger partial charge in [-0.2, -0.15) is 4.98 Å². The van der Waals surface area contributed by atoms with Crippen LogP contribution in [0.25, 0.3) is 5.82 Å². The second-order valence-electron chi connectivity index (χ2n) is 7.47. The third-order valence-electron chi connectivity index (χ3n) is 5.22. The number of aromatic nitrogens is 4. The molecule has 0 spiro atoms. The molecule has 1 fully saturated rings. The Morgan fingerprint density at radius 3 is 2.94 bits per heavy atom. The van der Waals surface area contributed by atoms with Gasteiger partial charge >= 0.3 is 0 Å². The molecule has 1 amide bonds. The molecule has 1 aromatic carbocycles. The van der Waals surface area contributed by atoms with E-state index in [0.29, 0.717) is 35.8 Å². The number of hydrogen-bond acceptors (Lipinski definition) is 7. The van der Waals surface area contributed by atoms with Crippen LogP contribution in [0.4, 0.5) is 5.95 Å². The zero-order valence-electron chi connectivity index (χ0n) is 17.1. The van der Waals surface area contributed by atoms with Crippen LogP contribution in [0.5, 0.6) is 0 Å². The molecule has 0 radical (unpaired) electrons. The number of ether oxygens (including phenoxy) is 1. The molecular weight excluding hydrogens is 418 g/mol. The maximum absolute atomic E-state index is 11.9. The second kappa shape index (κ2) is 9.01. The Balaban J connectivity index is 1.80. The van der Waals surface area contributed by atoms with E-state index in [-0.39, 0.29) is 24.2 Å². The van der Waals surface area contributed by atoms with E-state index in [2.05, 4.69) is 15.3 Å². The predicted octanol–water partition coefficient (Wildman–Crippen LogP) is 2.01. The highest BCUT2D eigenvalue weighted by Gasteiger charge is 2.24. The summed E-state index contributed by atoms with van der Waals surface area (Å²) in [5.41, 5.74) is 13.5. The summed E-state index contributed by atoms with van der Waals surface area (Å²) in [5.74, 6) is 0.668. The van der Waals surface area contributed by atoms with Crippen molar-refractivity contribution in [1.82, 2.24) is 19.5 Å². The van der Waals surface area contributed by atoms with Crippen LogP contribution in [0, 0.1) is 6.92 Å². The van der Waals surface area contributed by atoms with E-state index < -0.39 is 5.91 Å². The van der Waals surface area contributed by atoms with Crippen molar-refractivity contribution in [3.63, 3.8) is 0 Å². The Bertz CT molecular complexity index is 1100. The van der Waals surface area contributed by atoms with Crippen molar-refractivity contribution in [3.05, 3.63) is 64.3 Å². The number of nitrogens with zero attached hydrogens (tertiary/aromatic N) is 4. The molecule has 3 aromatic rings. The average molecular weight is 442 g/mol. The van der Waals surface area contributed by atoms with E-state index in [1.165, 1.54) is 0 Å². The second-order valence-corrected chi connectivity index (χ2v) is 7.90. The standard InChI is InChI=1S/C21H24ClN7O2/c1-12-9-25-21(26-15-5-6-31-11-15)28-19(12)29-10-17(18(24)30)27-20(29)16(8-23)13-3-2-4-14(22)7-13/h2-4,7,9-10,15-16H,5-6,8,11,23H2,1H3,(H2,24,30)(H,25,26,28)/t15-,16+/m0/s1. The molecule has 1 saturated heterocycles. The van der Waals surface area contributed by atoms with Crippen molar-refractivity contribution in [2.75, 3.05) is 25.1 Å². The smallest absolute Gasteiger partial charge is 0.268 e. The molecule has 0 unspecified atom stereocenters. The van der Waals surface area contributed by atoms with E-state index in [4.69, 9.17) is 32.8 Å². The molecule has 5 N–H and O–H groups in total. The van der Waals surface area contributed by atoms with E-state index >= 15 is 0 Å². The number of carbonyl (C=O) groups excluding carboxylic acids is 1. The zero-order chi connectivity index (χ0) is 22.0. The average Bonchev–Trinajstić information content (AvgIpc) is 3.41. The first-order chi connectivity index (χ1) is 15.0. The van der Waals surface area contributed by atoms with E-state index in [1.807, 2.05) is 25.1 Å². The van der Waals surface area contributed by atoms with Crippen molar-refractivity contribution in [2.45, 2.75) is 25.3 Å². The number of hydrogen-bond donors (Lipinski definition) is 3. The molecule has 31 heavy (non-hydrogen) atoms. The van der Waals surface area contributed by atoms with E-state index in [0.717, 1.165) is 17.5 Å². The summed E-state index contributed by atoms with van der Waals surface area (Å²) in [6.45, 7) is 3.47. The Kier molecular flexibility index (Phi) is 6.17. The molecule has 1 aliphatic rings. The first-order valence-corrected chi connectivity index (χ1v) is 10.4. The van der Waals surface area contributed by atoms with Gasteiger partial charge in [0.1, 0.15) is 17.3 Å². The van der Waals surface area contributed by atoms with Gasteiger partial charge in [0, 0.05) is 36.1 Å². The van der Waals surface area contributed by atoms with E-state index in [1.54, 1.807) is 23.0 Å². The number of rotatable bonds is 7. The van der Waals surface area contributed by atoms with Crippen LogP contribution >= 0.6 is 11.6 Å². The summed E-state index contributed by atoms with van der Waals surface area (Å²) in [7, 11) is 0. The number of primary amides is 1. The summed E-state index contributed by atoms with van der Waals surface area (Å²) in [6, 6.07) is 7.56. The lowest BCUT2D eigenvalue weighted by atomic mass is 9.98. The van der Waals surface area contributed by atoms with Gasteiger partial charge in [0.05, 0.1) is 18.6 Å². The van der Waals surface area contributed by atoms with Gasteiger partial charge in [-0.1, -0.05) is 23.7 Å². The number of imidazole rings is 1. The van der Waals surface area contributed by atoms with Crippen molar-refractivity contribution in [1.29, 1.82) is 0 Å². The fourth-order valence-electron chi connectivity index (χ4n) is 3.62. The summed E-state index contributed by atoms with van der Waals surface area (Å²) in [5, 5.41) is 3.89. The van der Waals surface area contributed by atoms with Gasteiger partial charge in [-0.05, 0) is 31.0 Å². The maximum atomic E-state index is 11.9. The fraction of sp³-hybridized carbons (Fsp3) is 0.333. The highest BCUT2D eigenvalue weighted by Crippen LogP contribution is 2.28. The minimum Gasteiger partial charge on any atom is -0.379 e. The SMILES string of the molecule is Cc1cnc(N[C@H]2CCOC2)nc1-n1cc(C(N)=O)nc1[C@H](CN)c1cccc(Cl)c1. The quantitative estimate of drug-likeness (QED) is 0.510. The number of halogens is 1. The number of amides is 1. The summed E-state index contributed by atoms with van der Waals surface area (Å²) in [4.78, 5) is 25.5. The fourth-order valence-corrected chi connectivity index (χ4v) is 3.82. The van der Waals surface area contributed by atoms with Crippen LogP contribution in [0.15, 0.2) is 36.7 Å². The monoisotopic (exact) mass is 441 g/mol. The highest BCUT2D eigenvalue weighted by atomic mass is 35.5. The molecule has 9 nitrogen and oxygen atoms in total.